The van der Waals surface area contributed by atoms with Crippen LogP contribution in [0.25, 0.3) is 0 Å². The van der Waals surface area contributed by atoms with E-state index < -0.39 is 5.92 Å². The van der Waals surface area contributed by atoms with Crippen LogP contribution in [0.4, 0.5) is 5.69 Å². The number of hydrogen-bond donors (Lipinski definition) is 2. The number of phenolic OH excluding ortho intramolecular Hbond substituents is 1. The summed E-state index contributed by atoms with van der Waals surface area (Å²) in [6.07, 6.45) is 2.06. The van der Waals surface area contributed by atoms with E-state index in [2.05, 4.69) is 5.32 Å². The SMILES string of the molecule is O=C(Nc1ccc(C(=O)N2CCCC2)cc1)[C@H](c1ccccc1)c1cc(Cl)c(Cl)cc1O. The van der Waals surface area contributed by atoms with E-state index in [9.17, 15) is 14.7 Å². The van der Waals surface area contributed by atoms with Gasteiger partial charge in [0.1, 0.15) is 5.75 Å². The zero-order valence-corrected chi connectivity index (χ0v) is 18.7. The summed E-state index contributed by atoms with van der Waals surface area (Å²) < 4.78 is 0. The number of carbonyl (C=O) groups is 2. The van der Waals surface area contributed by atoms with Gasteiger partial charge in [0.05, 0.1) is 16.0 Å². The molecule has 1 atom stereocenters. The number of anilines is 1. The third-order valence-corrected chi connectivity index (χ3v) is 6.29. The highest BCUT2D eigenvalue weighted by Crippen LogP contribution is 2.37. The molecule has 0 spiro atoms. The van der Waals surface area contributed by atoms with Crippen LogP contribution >= 0.6 is 23.2 Å². The number of halogens is 2. The number of hydrogen-bond acceptors (Lipinski definition) is 3. The van der Waals surface area contributed by atoms with Crippen LogP contribution in [0.3, 0.4) is 0 Å². The fourth-order valence-corrected chi connectivity index (χ4v) is 4.24. The quantitative estimate of drug-likeness (QED) is 0.503. The first-order valence-electron chi connectivity index (χ1n) is 10.4. The van der Waals surface area contributed by atoms with E-state index in [0.29, 0.717) is 22.4 Å². The van der Waals surface area contributed by atoms with Gasteiger partial charge < -0.3 is 15.3 Å². The molecule has 3 aromatic rings. The molecule has 2 amide bonds. The summed E-state index contributed by atoms with van der Waals surface area (Å²) >= 11 is 12.2. The number of aromatic hydroxyl groups is 1. The first-order chi connectivity index (χ1) is 15.4. The molecule has 3 aromatic carbocycles. The Balaban J connectivity index is 1.59. The molecular weight excluding hydrogens is 447 g/mol. The van der Waals surface area contributed by atoms with Crippen molar-refractivity contribution in [1.82, 2.24) is 4.90 Å². The van der Waals surface area contributed by atoms with Gasteiger partial charge in [0.2, 0.25) is 5.91 Å². The Hall–Kier alpha value is -3.02. The molecular formula is C25H22Cl2N2O3. The van der Waals surface area contributed by atoms with Gasteiger partial charge in [-0.1, -0.05) is 53.5 Å². The summed E-state index contributed by atoms with van der Waals surface area (Å²) in [7, 11) is 0. The lowest BCUT2D eigenvalue weighted by Crippen LogP contribution is -2.27. The van der Waals surface area contributed by atoms with Crippen LogP contribution in [0.15, 0.2) is 66.7 Å². The van der Waals surface area contributed by atoms with Gasteiger partial charge >= 0.3 is 0 Å². The maximum absolute atomic E-state index is 13.3. The molecule has 32 heavy (non-hydrogen) atoms. The van der Waals surface area contributed by atoms with Crippen LogP contribution < -0.4 is 5.32 Å². The minimum Gasteiger partial charge on any atom is -0.508 e. The second-order valence-corrected chi connectivity index (χ2v) is 8.55. The molecule has 0 radical (unpaired) electrons. The molecule has 2 N–H and O–H groups in total. The number of nitrogens with zero attached hydrogens (tertiary/aromatic N) is 1. The van der Waals surface area contributed by atoms with Crippen molar-refractivity contribution in [3.05, 3.63) is 93.5 Å². The van der Waals surface area contributed by atoms with Gasteiger partial charge in [-0.25, -0.2) is 0 Å². The third kappa shape index (κ3) is 4.74. The van der Waals surface area contributed by atoms with E-state index in [1.54, 1.807) is 24.3 Å². The minimum atomic E-state index is -0.808. The van der Waals surface area contributed by atoms with Gasteiger partial charge in [-0.2, -0.15) is 0 Å². The van der Waals surface area contributed by atoms with Gasteiger partial charge in [-0.3, -0.25) is 9.59 Å². The number of likely N-dealkylation sites (tertiary alicyclic amines) is 1. The summed E-state index contributed by atoms with van der Waals surface area (Å²) in [5, 5.41) is 13.8. The molecule has 7 heteroatoms. The topological polar surface area (TPSA) is 69.6 Å². The molecule has 0 bridgehead atoms. The van der Waals surface area contributed by atoms with E-state index in [4.69, 9.17) is 23.2 Å². The Bertz CT molecular complexity index is 1130. The lowest BCUT2D eigenvalue weighted by molar-refractivity contribution is -0.116. The van der Waals surface area contributed by atoms with E-state index in [-0.39, 0.29) is 27.6 Å². The molecule has 0 unspecified atom stereocenters. The van der Waals surface area contributed by atoms with Crippen molar-refractivity contribution >= 4 is 40.7 Å². The summed E-state index contributed by atoms with van der Waals surface area (Å²) in [6.45, 7) is 1.56. The maximum Gasteiger partial charge on any atom is 0.253 e. The minimum absolute atomic E-state index is 0.00303. The molecule has 1 saturated heterocycles. The van der Waals surface area contributed by atoms with E-state index >= 15 is 0 Å². The summed E-state index contributed by atoms with van der Waals surface area (Å²) in [5.74, 6) is -1.27. The molecule has 1 aliphatic heterocycles. The van der Waals surface area contributed by atoms with Gasteiger partial charge in [-0.15, -0.1) is 0 Å². The van der Waals surface area contributed by atoms with Crippen molar-refractivity contribution in [1.29, 1.82) is 0 Å². The van der Waals surface area contributed by atoms with Crippen LogP contribution in [0.1, 0.15) is 40.2 Å². The monoisotopic (exact) mass is 468 g/mol. The predicted octanol–water partition coefficient (Wildman–Crippen LogP) is 5.71. The zero-order chi connectivity index (χ0) is 22.7. The number of phenols is 1. The molecule has 1 heterocycles. The summed E-state index contributed by atoms with van der Waals surface area (Å²) in [6, 6.07) is 18.8. The average molecular weight is 469 g/mol. The van der Waals surface area contributed by atoms with Gasteiger partial charge in [0.25, 0.3) is 5.91 Å². The standard InChI is InChI=1S/C25H22Cl2N2O3/c26-20-14-19(22(30)15-21(20)27)23(16-6-2-1-3-7-16)24(31)28-18-10-8-17(9-11-18)25(32)29-12-4-5-13-29/h1-3,6-11,14-15,23,30H,4-5,12-13H2,(H,28,31)/t23-/m1/s1. The molecule has 1 aliphatic rings. The highest BCUT2D eigenvalue weighted by Gasteiger charge is 2.27. The maximum atomic E-state index is 13.3. The lowest BCUT2D eigenvalue weighted by atomic mass is 9.89. The first kappa shape index (κ1) is 22.2. The van der Waals surface area contributed by atoms with Crippen molar-refractivity contribution in [3.63, 3.8) is 0 Å². The van der Waals surface area contributed by atoms with Crippen molar-refractivity contribution < 1.29 is 14.7 Å². The van der Waals surface area contributed by atoms with Crippen molar-refractivity contribution in [3.8, 4) is 5.75 Å². The fraction of sp³-hybridized carbons (Fsp3) is 0.200. The van der Waals surface area contributed by atoms with Crippen LogP contribution in [0.2, 0.25) is 10.0 Å². The van der Waals surface area contributed by atoms with Crippen LogP contribution in [0, 0.1) is 0 Å². The van der Waals surface area contributed by atoms with E-state index in [1.807, 2.05) is 35.2 Å². The first-order valence-corrected chi connectivity index (χ1v) is 11.1. The second kappa shape index (κ2) is 9.63. The smallest absolute Gasteiger partial charge is 0.253 e. The number of carbonyl (C=O) groups excluding carboxylic acids is 2. The largest absolute Gasteiger partial charge is 0.508 e. The molecule has 164 valence electrons. The highest BCUT2D eigenvalue weighted by atomic mass is 35.5. The average Bonchev–Trinajstić information content (AvgIpc) is 3.33. The molecule has 0 aromatic heterocycles. The molecule has 1 fully saturated rings. The number of benzene rings is 3. The molecule has 0 aliphatic carbocycles. The number of nitrogens with one attached hydrogen (secondary N) is 1. The van der Waals surface area contributed by atoms with E-state index in [0.717, 1.165) is 25.9 Å². The molecule has 4 rings (SSSR count). The molecule has 0 saturated carbocycles. The van der Waals surface area contributed by atoms with Gasteiger partial charge in [-0.05, 0) is 48.7 Å². The van der Waals surface area contributed by atoms with Crippen molar-refractivity contribution in [2.24, 2.45) is 0 Å². The Morgan fingerprint density at radius 1 is 0.906 bits per heavy atom. The number of amides is 2. The van der Waals surface area contributed by atoms with Crippen LogP contribution in [-0.4, -0.2) is 34.9 Å². The molecule has 5 nitrogen and oxygen atoms in total. The van der Waals surface area contributed by atoms with Crippen LogP contribution in [-0.2, 0) is 4.79 Å². The lowest BCUT2D eigenvalue weighted by Gasteiger charge is -2.20. The normalized spacial score (nSPS) is 14.2. The van der Waals surface area contributed by atoms with Gasteiger partial charge in [0.15, 0.2) is 0 Å². The Morgan fingerprint density at radius 3 is 2.19 bits per heavy atom. The fourth-order valence-electron chi connectivity index (χ4n) is 3.91. The third-order valence-electron chi connectivity index (χ3n) is 5.57. The Morgan fingerprint density at radius 2 is 1.53 bits per heavy atom. The van der Waals surface area contributed by atoms with Gasteiger partial charge in [0, 0.05) is 36.0 Å². The highest BCUT2D eigenvalue weighted by molar-refractivity contribution is 6.42. The number of rotatable bonds is 5. The van der Waals surface area contributed by atoms with E-state index in [1.165, 1.54) is 12.1 Å². The second-order valence-electron chi connectivity index (χ2n) is 7.73. The summed E-state index contributed by atoms with van der Waals surface area (Å²) in [4.78, 5) is 27.7. The van der Waals surface area contributed by atoms with Crippen molar-refractivity contribution in [2.45, 2.75) is 18.8 Å². The summed E-state index contributed by atoms with van der Waals surface area (Å²) in [5.41, 5.74) is 2.18. The Labute approximate surface area is 196 Å². The zero-order valence-electron chi connectivity index (χ0n) is 17.2. The predicted molar refractivity (Wildman–Crippen MR) is 127 cm³/mol. The van der Waals surface area contributed by atoms with Crippen molar-refractivity contribution in [2.75, 3.05) is 18.4 Å². The van der Waals surface area contributed by atoms with Crippen LogP contribution in [0.5, 0.6) is 5.75 Å². The Kier molecular flexibility index (Phi) is 6.68.